The highest BCUT2D eigenvalue weighted by Crippen LogP contribution is 2.27. The van der Waals surface area contributed by atoms with Crippen LogP contribution in [0.4, 0.5) is 0 Å². The van der Waals surface area contributed by atoms with Crippen molar-refractivity contribution in [2.45, 2.75) is 13.3 Å². The van der Waals surface area contributed by atoms with Crippen LogP contribution >= 0.6 is 27.3 Å². The Morgan fingerprint density at radius 2 is 2.36 bits per heavy atom. The maximum absolute atomic E-state index is 11.1. The summed E-state index contributed by atoms with van der Waals surface area (Å²) in [6.45, 7) is 1.60. The standard InChI is InChI=1S/C10H8BrNOS/c1-6(13)2-7-3-8(11)4-9-10(7)14-5-12-9/h3-5H,2H2,1H3. The van der Waals surface area contributed by atoms with Gasteiger partial charge in [0.25, 0.3) is 0 Å². The van der Waals surface area contributed by atoms with Crippen molar-refractivity contribution in [3.05, 3.63) is 27.7 Å². The molecule has 0 fully saturated rings. The van der Waals surface area contributed by atoms with Crippen LogP contribution in [0.2, 0.25) is 0 Å². The molecule has 0 unspecified atom stereocenters. The van der Waals surface area contributed by atoms with E-state index in [9.17, 15) is 4.79 Å². The Balaban J connectivity index is 2.60. The van der Waals surface area contributed by atoms with Gasteiger partial charge in [-0.15, -0.1) is 11.3 Å². The molecular formula is C10H8BrNOS. The van der Waals surface area contributed by atoms with Gasteiger partial charge >= 0.3 is 0 Å². The molecule has 0 radical (unpaired) electrons. The van der Waals surface area contributed by atoms with Crippen LogP contribution in [0, 0.1) is 0 Å². The number of carbonyl (C=O) groups excluding carboxylic acids is 1. The topological polar surface area (TPSA) is 30.0 Å². The molecule has 0 saturated heterocycles. The van der Waals surface area contributed by atoms with Gasteiger partial charge in [0.05, 0.1) is 15.7 Å². The zero-order valence-electron chi connectivity index (χ0n) is 7.58. The molecule has 2 nitrogen and oxygen atoms in total. The molecule has 2 rings (SSSR count). The molecule has 1 aromatic heterocycles. The molecule has 0 spiro atoms. The van der Waals surface area contributed by atoms with Crippen LogP contribution < -0.4 is 0 Å². The Hall–Kier alpha value is -0.740. The number of hydrogen-bond acceptors (Lipinski definition) is 3. The Morgan fingerprint density at radius 3 is 3.07 bits per heavy atom. The number of Topliss-reactive ketones (excluding diaryl/α,β-unsaturated/α-hetero) is 1. The van der Waals surface area contributed by atoms with Crippen molar-refractivity contribution >= 4 is 43.3 Å². The van der Waals surface area contributed by atoms with E-state index in [4.69, 9.17) is 0 Å². The molecule has 0 saturated carbocycles. The predicted molar refractivity (Wildman–Crippen MR) is 61.7 cm³/mol. The second-order valence-corrected chi connectivity index (χ2v) is 4.91. The second kappa shape index (κ2) is 3.79. The third-order valence-electron chi connectivity index (χ3n) is 1.91. The molecule has 14 heavy (non-hydrogen) atoms. The molecule has 0 bridgehead atoms. The normalized spacial score (nSPS) is 10.7. The summed E-state index contributed by atoms with van der Waals surface area (Å²) in [6, 6.07) is 3.96. The molecule has 2 aromatic rings. The number of carbonyl (C=O) groups is 1. The number of aromatic nitrogens is 1. The van der Waals surface area contributed by atoms with Gasteiger partial charge in [-0.3, -0.25) is 4.79 Å². The third kappa shape index (κ3) is 1.86. The first-order valence-electron chi connectivity index (χ1n) is 4.18. The Labute approximate surface area is 94.1 Å². The van der Waals surface area contributed by atoms with E-state index in [2.05, 4.69) is 20.9 Å². The molecule has 1 heterocycles. The fourth-order valence-corrected chi connectivity index (χ4v) is 2.68. The zero-order chi connectivity index (χ0) is 10.1. The summed E-state index contributed by atoms with van der Waals surface area (Å²) in [6.07, 6.45) is 0.484. The molecule has 0 amide bonds. The van der Waals surface area contributed by atoms with Crippen LogP contribution in [-0.2, 0) is 11.2 Å². The molecule has 1 aromatic carbocycles. The summed E-state index contributed by atoms with van der Waals surface area (Å²) in [5.41, 5.74) is 3.82. The summed E-state index contributed by atoms with van der Waals surface area (Å²) in [7, 11) is 0. The quantitative estimate of drug-likeness (QED) is 0.838. The molecule has 0 aliphatic carbocycles. The highest BCUT2D eigenvalue weighted by molar-refractivity contribution is 9.10. The highest BCUT2D eigenvalue weighted by atomic mass is 79.9. The summed E-state index contributed by atoms with van der Waals surface area (Å²) in [5.74, 6) is 0.179. The minimum atomic E-state index is 0.179. The average Bonchev–Trinajstić information content (AvgIpc) is 2.50. The second-order valence-electron chi connectivity index (χ2n) is 3.14. The van der Waals surface area contributed by atoms with E-state index in [0.717, 1.165) is 20.3 Å². The maximum atomic E-state index is 11.1. The lowest BCUT2D eigenvalue weighted by Gasteiger charge is -2.00. The molecular weight excluding hydrogens is 262 g/mol. The van der Waals surface area contributed by atoms with E-state index >= 15 is 0 Å². The fourth-order valence-electron chi connectivity index (χ4n) is 1.40. The molecule has 0 aliphatic rings. The van der Waals surface area contributed by atoms with Crippen LogP contribution in [-0.4, -0.2) is 10.8 Å². The summed E-state index contributed by atoms with van der Waals surface area (Å²) in [4.78, 5) is 15.3. The number of benzene rings is 1. The largest absolute Gasteiger partial charge is 0.300 e. The van der Waals surface area contributed by atoms with Gasteiger partial charge in [0.15, 0.2) is 0 Å². The van der Waals surface area contributed by atoms with Crippen molar-refractivity contribution in [3.8, 4) is 0 Å². The van der Waals surface area contributed by atoms with Crippen LogP contribution in [0.1, 0.15) is 12.5 Å². The lowest BCUT2D eigenvalue weighted by atomic mass is 10.1. The Bertz CT molecular complexity index is 492. The number of thiazole rings is 1. The highest BCUT2D eigenvalue weighted by Gasteiger charge is 2.07. The smallest absolute Gasteiger partial charge is 0.134 e. The molecule has 4 heteroatoms. The van der Waals surface area contributed by atoms with E-state index in [1.165, 1.54) is 0 Å². The van der Waals surface area contributed by atoms with Crippen LogP contribution in [0.15, 0.2) is 22.1 Å². The van der Waals surface area contributed by atoms with Gasteiger partial charge in [0.1, 0.15) is 5.78 Å². The van der Waals surface area contributed by atoms with Crippen molar-refractivity contribution in [3.63, 3.8) is 0 Å². The van der Waals surface area contributed by atoms with Crippen molar-refractivity contribution in [2.75, 3.05) is 0 Å². The third-order valence-corrected chi connectivity index (χ3v) is 3.29. The van der Waals surface area contributed by atoms with Crippen LogP contribution in [0.3, 0.4) is 0 Å². The zero-order valence-corrected chi connectivity index (χ0v) is 9.98. The van der Waals surface area contributed by atoms with Gasteiger partial charge < -0.3 is 0 Å². The molecule has 72 valence electrons. The SMILES string of the molecule is CC(=O)Cc1cc(Br)cc2ncsc12. The molecule has 0 atom stereocenters. The van der Waals surface area contributed by atoms with Crippen molar-refractivity contribution < 1.29 is 4.79 Å². The van der Waals surface area contributed by atoms with E-state index in [1.54, 1.807) is 23.8 Å². The molecule has 0 aliphatic heterocycles. The summed E-state index contributed by atoms with van der Waals surface area (Å²) in [5, 5.41) is 0. The van der Waals surface area contributed by atoms with E-state index < -0.39 is 0 Å². The van der Waals surface area contributed by atoms with Crippen LogP contribution in [0.25, 0.3) is 10.2 Å². The van der Waals surface area contributed by atoms with Gasteiger partial charge in [-0.25, -0.2) is 4.98 Å². The monoisotopic (exact) mass is 269 g/mol. The van der Waals surface area contributed by atoms with Crippen LogP contribution in [0.5, 0.6) is 0 Å². The number of nitrogens with zero attached hydrogens (tertiary/aromatic N) is 1. The Morgan fingerprint density at radius 1 is 1.57 bits per heavy atom. The van der Waals surface area contributed by atoms with Gasteiger partial charge in [0, 0.05) is 10.9 Å². The van der Waals surface area contributed by atoms with Gasteiger partial charge in [0.2, 0.25) is 0 Å². The first-order valence-corrected chi connectivity index (χ1v) is 5.85. The minimum Gasteiger partial charge on any atom is -0.300 e. The first kappa shape index (κ1) is 9.80. The lowest BCUT2D eigenvalue weighted by Crippen LogP contribution is -1.96. The summed E-state index contributed by atoms with van der Waals surface area (Å²) >= 11 is 4.99. The van der Waals surface area contributed by atoms with Crippen molar-refractivity contribution in [1.82, 2.24) is 4.98 Å². The number of rotatable bonds is 2. The number of halogens is 1. The number of ketones is 1. The number of hydrogen-bond donors (Lipinski definition) is 0. The molecule has 0 N–H and O–H groups in total. The van der Waals surface area contributed by atoms with E-state index in [1.807, 2.05) is 12.1 Å². The van der Waals surface area contributed by atoms with E-state index in [0.29, 0.717) is 6.42 Å². The van der Waals surface area contributed by atoms with Crippen molar-refractivity contribution in [1.29, 1.82) is 0 Å². The van der Waals surface area contributed by atoms with Gasteiger partial charge in [-0.1, -0.05) is 15.9 Å². The first-order chi connectivity index (χ1) is 6.66. The fraction of sp³-hybridized carbons (Fsp3) is 0.200. The minimum absolute atomic E-state index is 0.179. The lowest BCUT2D eigenvalue weighted by molar-refractivity contribution is -0.116. The maximum Gasteiger partial charge on any atom is 0.134 e. The average molecular weight is 270 g/mol. The van der Waals surface area contributed by atoms with Gasteiger partial charge in [-0.05, 0) is 24.6 Å². The van der Waals surface area contributed by atoms with Crippen molar-refractivity contribution in [2.24, 2.45) is 0 Å². The Kier molecular flexibility index (Phi) is 2.65. The van der Waals surface area contributed by atoms with Gasteiger partial charge in [-0.2, -0.15) is 0 Å². The summed E-state index contributed by atoms with van der Waals surface area (Å²) < 4.78 is 2.09. The predicted octanol–water partition coefficient (Wildman–Crippen LogP) is 3.19. The van der Waals surface area contributed by atoms with E-state index in [-0.39, 0.29) is 5.78 Å². The number of fused-ring (bicyclic) bond motifs is 1.